The summed E-state index contributed by atoms with van der Waals surface area (Å²) in [5, 5.41) is 2.76. The molecule has 1 aliphatic heterocycles. The lowest BCUT2D eigenvalue weighted by atomic mass is 10.2. The Bertz CT molecular complexity index is 1130. The van der Waals surface area contributed by atoms with Crippen molar-refractivity contribution in [2.75, 3.05) is 38.1 Å². The van der Waals surface area contributed by atoms with E-state index in [2.05, 4.69) is 24.1 Å². The number of hydrogen-bond donors (Lipinski definition) is 1. The summed E-state index contributed by atoms with van der Waals surface area (Å²) in [6.07, 6.45) is 1.69. The predicted molar refractivity (Wildman–Crippen MR) is 144 cm³/mol. The van der Waals surface area contributed by atoms with Gasteiger partial charge in [0, 0.05) is 25.2 Å². The first-order chi connectivity index (χ1) is 17.3. The number of hydrogen-bond acceptors (Lipinski definition) is 7. The number of thioether (sulfide) groups is 1. The minimum Gasteiger partial charge on any atom is -0.461 e. The van der Waals surface area contributed by atoms with E-state index >= 15 is 0 Å². The summed E-state index contributed by atoms with van der Waals surface area (Å²) in [5.74, 6) is -1.35. The first-order valence-electron chi connectivity index (χ1n) is 11.6. The molecule has 2 aromatic carbocycles. The third-order valence-corrected chi connectivity index (χ3v) is 6.92. The lowest BCUT2D eigenvalue weighted by Gasteiger charge is -2.17. The van der Waals surface area contributed by atoms with Gasteiger partial charge in [-0.25, -0.2) is 9.18 Å². The lowest BCUT2D eigenvalue weighted by molar-refractivity contribution is -0.122. The molecular weight excluding hydrogens is 501 g/mol. The molecule has 2 amide bonds. The second-order valence-electron chi connectivity index (χ2n) is 7.92. The maximum atomic E-state index is 13.1. The molecule has 0 atom stereocenters. The van der Waals surface area contributed by atoms with Crippen molar-refractivity contribution in [3.05, 3.63) is 70.4 Å². The zero-order valence-electron chi connectivity index (χ0n) is 20.2. The third-order valence-electron chi connectivity index (χ3n) is 5.54. The molecular formula is C26H28FN3O4S2. The SMILES string of the molecule is CCN(CC)CCOC(=O)c1ccc(NC(=O)CCN2C(=O)C(=Cc3ccc(F)cc3)SC2=S)cc1. The minimum absolute atomic E-state index is 0.0470. The van der Waals surface area contributed by atoms with Crippen LogP contribution in [0.1, 0.15) is 36.2 Å². The summed E-state index contributed by atoms with van der Waals surface area (Å²) in [7, 11) is 0. The highest BCUT2D eigenvalue weighted by atomic mass is 32.2. The van der Waals surface area contributed by atoms with Crippen molar-refractivity contribution in [2.24, 2.45) is 0 Å². The van der Waals surface area contributed by atoms with Crippen LogP contribution in [0.5, 0.6) is 0 Å². The molecule has 0 saturated carbocycles. The largest absolute Gasteiger partial charge is 0.461 e. The van der Waals surface area contributed by atoms with Crippen molar-refractivity contribution in [1.82, 2.24) is 9.80 Å². The van der Waals surface area contributed by atoms with Crippen LogP contribution in [0.15, 0.2) is 53.4 Å². The Morgan fingerprint density at radius 1 is 1.11 bits per heavy atom. The molecule has 1 heterocycles. The number of amides is 2. The molecule has 10 heteroatoms. The Balaban J connectivity index is 1.47. The number of nitrogens with one attached hydrogen (secondary N) is 1. The van der Waals surface area contributed by atoms with Gasteiger partial charge in [-0.3, -0.25) is 14.5 Å². The summed E-state index contributed by atoms with van der Waals surface area (Å²) >= 11 is 6.45. The van der Waals surface area contributed by atoms with E-state index in [1.54, 1.807) is 42.5 Å². The van der Waals surface area contributed by atoms with E-state index in [1.807, 2.05) is 0 Å². The summed E-state index contributed by atoms with van der Waals surface area (Å²) < 4.78 is 18.8. The number of rotatable bonds is 11. The number of likely N-dealkylation sites (N-methyl/N-ethyl adjacent to an activating group) is 1. The molecule has 7 nitrogen and oxygen atoms in total. The van der Waals surface area contributed by atoms with Gasteiger partial charge in [0.1, 0.15) is 16.7 Å². The first-order valence-corrected chi connectivity index (χ1v) is 12.8. The van der Waals surface area contributed by atoms with Crippen LogP contribution in [0.4, 0.5) is 10.1 Å². The van der Waals surface area contributed by atoms with Crippen LogP contribution in [0.3, 0.4) is 0 Å². The smallest absolute Gasteiger partial charge is 0.338 e. The Hall–Kier alpha value is -3.08. The van der Waals surface area contributed by atoms with Gasteiger partial charge in [0.05, 0.1) is 10.5 Å². The number of halogens is 1. The summed E-state index contributed by atoms with van der Waals surface area (Å²) in [6, 6.07) is 12.2. The van der Waals surface area contributed by atoms with Crippen LogP contribution in [0.25, 0.3) is 6.08 Å². The predicted octanol–water partition coefficient (Wildman–Crippen LogP) is 4.55. The molecule has 1 aliphatic rings. The van der Waals surface area contributed by atoms with E-state index in [-0.39, 0.29) is 30.6 Å². The molecule has 1 fully saturated rings. The fourth-order valence-electron chi connectivity index (χ4n) is 3.42. The molecule has 36 heavy (non-hydrogen) atoms. The van der Waals surface area contributed by atoms with Gasteiger partial charge in [-0.15, -0.1) is 0 Å². The number of anilines is 1. The highest BCUT2D eigenvalue weighted by Gasteiger charge is 2.32. The van der Waals surface area contributed by atoms with E-state index < -0.39 is 5.97 Å². The number of carbonyl (C=O) groups excluding carboxylic acids is 3. The highest BCUT2D eigenvalue weighted by molar-refractivity contribution is 8.26. The average molecular weight is 530 g/mol. The van der Waals surface area contributed by atoms with Crippen molar-refractivity contribution in [2.45, 2.75) is 20.3 Å². The topological polar surface area (TPSA) is 79.0 Å². The summed E-state index contributed by atoms with van der Waals surface area (Å²) in [4.78, 5) is 41.3. The third kappa shape index (κ3) is 7.71. The van der Waals surface area contributed by atoms with Crippen molar-refractivity contribution in [3.63, 3.8) is 0 Å². The monoisotopic (exact) mass is 529 g/mol. The zero-order chi connectivity index (χ0) is 26.1. The number of benzene rings is 2. The number of thiocarbonyl (C=S) groups is 1. The van der Waals surface area contributed by atoms with E-state index in [0.717, 1.165) is 24.9 Å². The normalized spacial score (nSPS) is 14.6. The van der Waals surface area contributed by atoms with Gasteiger partial charge in [0.25, 0.3) is 5.91 Å². The van der Waals surface area contributed by atoms with Crippen LogP contribution in [0, 0.1) is 5.82 Å². The first kappa shape index (κ1) is 27.5. The van der Waals surface area contributed by atoms with Gasteiger partial charge in [-0.2, -0.15) is 0 Å². The van der Waals surface area contributed by atoms with Crippen molar-refractivity contribution in [1.29, 1.82) is 0 Å². The lowest BCUT2D eigenvalue weighted by Crippen LogP contribution is -2.31. The fraction of sp³-hybridized carbons (Fsp3) is 0.308. The average Bonchev–Trinajstić information content (AvgIpc) is 3.14. The number of ether oxygens (including phenoxy) is 1. The van der Waals surface area contributed by atoms with Crippen molar-refractivity contribution in [3.8, 4) is 0 Å². The highest BCUT2D eigenvalue weighted by Crippen LogP contribution is 2.32. The second-order valence-corrected chi connectivity index (χ2v) is 9.60. The summed E-state index contributed by atoms with van der Waals surface area (Å²) in [6.45, 7) is 7.03. The molecule has 3 rings (SSSR count). The summed E-state index contributed by atoms with van der Waals surface area (Å²) in [5.41, 5.74) is 1.62. The maximum absolute atomic E-state index is 13.1. The molecule has 1 saturated heterocycles. The molecule has 1 N–H and O–H groups in total. The van der Waals surface area contributed by atoms with E-state index in [9.17, 15) is 18.8 Å². The zero-order valence-corrected chi connectivity index (χ0v) is 21.8. The molecule has 0 radical (unpaired) electrons. The minimum atomic E-state index is -0.414. The fourth-order valence-corrected chi connectivity index (χ4v) is 4.73. The van der Waals surface area contributed by atoms with Gasteiger partial charge >= 0.3 is 5.97 Å². The van der Waals surface area contributed by atoms with Gasteiger partial charge in [0.15, 0.2) is 0 Å². The molecule has 2 aromatic rings. The number of nitrogens with zero attached hydrogens (tertiary/aromatic N) is 2. The second kappa shape index (κ2) is 13.3. The van der Waals surface area contributed by atoms with Crippen molar-refractivity contribution < 1.29 is 23.5 Å². The van der Waals surface area contributed by atoms with E-state index in [0.29, 0.717) is 39.2 Å². The molecule has 190 valence electrons. The molecule has 0 unspecified atom stereocenters. The van der Waals surface area contributed by atoms with Crippen LogP contribution in [-0.2, 0) is 14.3 Å². The van der Waals surface area contributed by atoms with Gasteiger partial charge in [-0.1, -0.05) is 50.0 Å². The van der Waals surface area contributed by atoms with Crippen LogP contribution in [-0.4, -0.2) is 64.7 Å². The maximum Gasteiger partial charge on any atom is 0.338 e. The van der Waals surface area contributed by atoms with Crippen LogP contribution in [0.2, 0.25) is 0 Å². The Morgan fingerprint density at radius 2 is 1.78 bits per heavy atom. The molecule has 0 aromatic heterocycles. The number of carbonyl (C=O) groups is 3. The Labute approximate surface area is 219 Å². The van der Waals surface area contributed by atoms with Crippen molar-refractivity contribution >= 4 is 57.8 Å². The van der Waals surface area contributed by atoms with E-state index in [1.165, 1.54) is 17.0 Å². The standard InChI is InChI=1S/C26H28FN3O4S2/c1-3-29(4-2)15-16-34-25(33)19-7-11-21(12-8-19)28-23(31)13-14-30-24(32)22(36-26(30)35)17-18-5-9-20(27)10-6-18/h5-12,17H,3-4,13-16H2,1-2H3,(H,28,31). The molecule has 0 bridgehead atoms. The van der Waals surface area contributed by atoms with Gasteiger partial charge in [0.2, 0.25) is 5.91 Å². The Morgan fingerprint density at radius 3 is 2.42 bits per heavy atom. The molecule has 0 spiro atoms. The molecule has 0 aliphatic carbocycles. The van der Waals surface area contributed by atoms with E-state index in [4.69, 9.17) is 17.0 Å². The van der Waals surface area contributed by atoms with Gasteiger partial charge < -0.3 is 15.0 Å². The van der Waals surface area contributed by atoms with Gasteiger partial charge in [-0.05, 0) is 61.1 Å². The quantitative estimate of drug-likeness (QED) is 0.260. The Kier molecular flexibility index (Phi) is 10.2. The van der Waals surface area contributed by atoms with Crippen LogP contribution >= 0.6 is 24.0 Å². The van der Waals surface area contributed by atoms with Crippen LogP contribution < -0.4 is 5.32 Å². The number of esters is 1.